The van der Waals surface area contributed by atoms with Crippen LogP contribution in [0.2, 0.25) is 0 Å². The summed E-state index contributed by atoms with van der Waals surface area (Å²) >= 11 is 4.95. The maximum Gasteiger partial charge on any atom is 0.241 e. The Hall–Kier alpha value is -0.980. The normalized spacial score (nSPS) is 23.5. The van der Waals surface area contributed by atoms with E-state index in [1.54, 1.807) is 24.3 Å². The summed E-state index contributed by atoms with van der Waals surface area (Å²) in [7, 11) is -3.59. The fourth-order valence-corrected chi connectivity index (χ4v) is 4.56. The van der Waals surface area contributed by atoms with Crippen molar-refractivity contribution in [3.05, 3.63) is 29.8 Å². The molecule has 1 aliphatic carbocycles. The van der Waals surface area contributed by atoms with Crippen molar-refractivity contribution >= 4 is 27.2 Å². The first-order valence-corrected chi connectivity index (χ1v) is 9.20. The van der Waals surface area contributed by atoms with Gasteiger partial charge < -0.3 is 5.73 Å². The molecule has 0 spiro atoms. The molecular formula is C15H22N2O2S2. The molecular weight excluding hydrogens is 304 g/mol. The van der Waals surface area contributed by atoms with Crippen molar-refractivity contribution in [3.8, 4) is 0 Å². The third-order valence-electron chi connectivity index (χ3n) is 4.02. The molecule has 2 atom stereocenters. The molecule has 1 aromatic rings. The Bertz CT molecular complexity index is 614. The van der Waals surface area contributed by atoms with E-state index in [0.717, 1.165) is 25.7 Å². The second kappa shape index (κ2) is 6.85. The second-order valence-corrected chi connectivity index (χ2v) is 7.91. The van der Waals surface area contributed by atoms with Crippen molar-refractivity contribution in [1.82, 2.24) is 4.72 Å². The zero-order chi connectivity index (χ0) is 15.5. The predicted molar refractivity (Wildman–Crippen MR) is 88.7 cm³/mol. The summed E-state index contributed by atoms with van der Waals surface area (Å²) in [6.07, 6.45) is 5.06. The van der Waals surface area contributed by atoms with E-state index in [0.29, 0.717) is 11.5 Å². The zero-order valence-corrected chi connectivity index (χ0v) is 13.8. The van der Waals surface area contributed by atoms with E-state index in [4.69, 9.17) is 18.0 Å². The highest BCUT2D eigenvalue weighted by Gasteiger charge is 2.25. The average Bonchev–Trinajstić information content (AvgIpc) is 2.63. The van der Waals surface area contributed by atoms with Crippen LogP contribution in [0.15, 0.2) is 29.2 Å². The van der Waals surface area contributed by atoms with Gasteiger partial charge >= 0.3 is 0 Å². The highest BCUT2D eigenvalue weighted by atomic mass is 32.2. The van der Waals surface area contributed by atoms with Crippen LogP contribution in [0.5, 0.6) is 0 Å². The lowest BCUT2D eigenvalue weighted by Gasteiger charge is -2.18. The Morgan fingerprint density at radius 1 is 1.24 bits per heavy atom. The molecule has 0 radical (unpaired) electrons. The third-order valence-corrected chi connectivity index (χ3v) is 5.82. The lowest BCUT2D eigenvalue weighted by molar-refractivity contribution is 0.484. The average molecular weight is 326 g/mol. The van der Waals surface area contributed by atoms with E-state index < -0.39 is 10.0 Å². The minimum atomic E-state index is -3.59. The van der Waals surface area contributed by atoms with E-state index in [9.17, 15) is 8.42 Å². The van der Waals surface area contributed by atoms with Crippen LogP contribution in [0.25, 0.3) is 0 Å². The van der Waals surface area contributed by atoms with Gasteiger partial charge in [0, 0.05) is 11.6 Å². The van der Waals surface area contributed by atoms with Crippen molar-refractivity contribution < 1.29 is 8.42 Å². The predicted octanol–water partition coefficient (Wildman–Crippen LogP) is 2.57. The molecule has 0 heterocycles. The molecule has 116 valence electrons. The molecule has 0 amide bonds. The third kappa shape index (κ3) is 4.25. The van der Waals surface area contributed by atoms with Crippen molar-refractivity contribution in [2.75, 3.05) is 0 Å². The van der Waals surface area contributed by atoms with Crippen molar-refractivity contribution in [2.45, 2.75) is 50.0 Å². The lowest BCUT2D eigenvalue weighted by atomic mass is 10.0. The molecule has 2 unspecified atom stereocenters. The summed E-state index contributed by atoms with van der Waals surface area (Å²) in [6.45, 7) is 2.22. The van der Waals surface area contributed by atoms with Crippen LogP contribution < -0.4 is 10.5 Å². The molecule has 1 aliphatic rings. The highest BCUT2D eigenvalue weighted by molar-refractivity contribution is 7.89. The van der Waals surface area contributed by atoms with Crippen LogP contribution in [0.1, 0.15) is 44.6 Å². The van der Waals surface area contributed by atoms with Crippen LogP contribution in [0, 0.1) is 5.92 Å². The van der Waals surface area contributed by atoms with Crippen molar-refractivity contribution in [1.29, 1.82) is 0 Å². The molecule has 0 bridgehead atoms. The van der Waals surface area contributed by atoms with Gasteiger partial charge in [-0.2, -0.15) is 0 Å². The van der Waals surface area contributed by atoms with Gasteiger partial charge in [-0.15, -0.1) is 0 Å². The first-order chi connectivity index (χ1) is 9.90. The first-order valence-electron chi connectivity index (χ1n) is 7.31. The number of thiocarbonyl (C=S) groups is 1. The summed E-state index contributed by atoms with van der Waals surface area (Å²) in [4.78, 5) is 0.278. The number of hydrogen-bond donors (Lipinski definition) is 2. The van der Waals surface area contributed by atoms with Crippen LogP contribution in [-0.4, -0.2) is 19.4 Å². The maximum absolute atomic E-state index is 12.6. The van der Waals surface area contributed by atoms with Gasteiger partial charge in [-0.05, 0) is 31.2 Å². The quantitative estimate of drug-likeness (QED) is 0.659. The SMILES string of the molecule is CC1CCCC(NS(=O)(=O)c2ccccc2C(N)=S)CC1. The largest absolute Gasteiger partial charge is 0.389 e. The lowest BCUT2D eigenvalue weighted by Crippen LogP contribution is -2.35. The molecule has 21 heavy (non-hydrogen) atoms. The van der Waals surface area contributed by atoms with Gasteiger partial charge in [0.15, 0.2) is 0 Å². The number of nitrogens with one attached hydrogen (secondary N) is 1. The molecule has 0 aromatic heterocycles. The number of sulfonamides is 1. The Morgan fingerprint density at radius 2 is 1.95 bits per heavy atom. The molecule has 1 fully saturated rings. The van der Waals surface area contributed by atoms with Crippen LogP contribution in [0.3, 0.4) is 0 Å². The van der Waals surface area contributed by atoms with Crippen LogP contribution >= 0.6 is 12.2 Å². The minimum Gasteiger partial charge on any atom is -0.389 e. The van der Waals surface area contributed by atoms with Crippen LogP contribution in [0.4, 0.5) is 0 Å². The summed E-state index contributed by atoms with van der Waals surface area (Å²) in [5.74, 6) is 0.670. The summed E-state index contributed by atoms with van der Waals surface area (Å²) in [5.41, 5.74) is 6.03. The Kier molecular flexibility index (Phi) is 5.35. The molecule has 0 saturated heterocycles. The standard InChI is InChI=1S/C15H22N2O2S2/c1-11-5-4-6-12(10-9-11)17-21(18,19)14-8-3-2-7-13(14)15(16)20/h2-3,7-8,11-12,17H,4-6,9-10H2,1H3,(H2,16,20). The fraction of sp³-hybridized carbons (Fsp3) is 0.533. The van der Waals surface area contributed by atoms with E-state index in [1.807, 2.05) is 0 Å². The Labute approximate surface area is 132 Å². The monoisotopic (exact) mass is 326 g/mol. The van der Waals surface area contributed by atoms with Gasteiger partial charge in [0.2, 0.25) is 10.0 Å². The summed E-state index contributed by atoms with van der Waals surface area (Å²) in [5, 5.41) is 0. The maximum atomic E-state index is 12.6. The number of hydrogen-bond acceptors (Lipinski definition) is 3. The summed E-state index contributed by atoms with van der Waals surface area (Å²) in [6, 6.07) is 6.62. The second-order valence-electron chi connectivity index (χ2n) is 5.79. The Morgan fingerprint density at radius 3 is 2.67 bits per heavy atom. The van der Waals surface area contributed by atoms with E-state index in [-0.39, 0.29) is 15.9 Å². The van der Waals surface area contributed by atoms with E-state index in [1.165, 1.54) is 6.42 Å². The molecule has 1 aromatic carbocycles. The van der Waals surface area contributed by atoms with Gasteiger partial charge in [0.1, 0.15) is 4.99 Å². The smallest absolute Gasteiger partial charge is 0.241 e. The van der Waals surface area contributed by atoms with E-state index >= 15 is 0 Å². The molecule has 2 rings (SSSR count). The minimum absolute atomic E-state index is 0.000600. The number of nitrogens with two attached hydrogens (primary N) is 1. The van der Waals surface area contributed by atoms with Gasteiger partial charge in [-0.1, -0.05) is 50.2 Å². The molecule has 0 aliphatic heterocycles. The van der Waals surface area contributed by atoms with Crippen molar-refractivity contribution in [3.63, 3.8) is 0 Å². The van der Waals surface area contributed by atoms with Crippen molar-refractivity contribution in [2.24, 2.45) is 11.7 Å². The summed E-state index contributed by atoms with van der Waals surface area (Å²) < 4.78 is 28.0. The van der Waals surface area contributed by atoms with Gasteiger partial charge in [0.25, 0.3) is 0 Å². The van der Waals surface area contributed by atoms with E-state index in [2.05, 4.69) is 11.6 Å². The molecule has 1 saturated carbocycles. The number of benzene rings is 1. The van der Waals surface area contributed by atoms with Gasteiger partial charge in [-0.3, -0.25) is 0 Å². The molecule has 4 nitrogen and oxygen atoms in total. The molecule has 6 heteroatoms. The molecule has 3 N–H and O–H groups in total. The van der Waals surface area contributed by atoms with Gasteiger partial charge in [0.05, 0.1) is 4.90 Å². The first kappa shape index (κ1) is 16.4. The van der Waals surface area contributed by atoms with Crippen LogP contribution in [-0.2, 0) is 10.0 Å². The van der Waals surface area contributed by atoms with Gasteiger partial charge in [-0.25, -0.2) is 13.1 Å². The zero-order valence-electron chi connectivity index (χ0n) is 12.2. The topological polar surface area (TPSA) is 72.2 Å². The fourth-order valence-electron chi connectivity index (χ4n) is 2.79. The Balaban J connectivity index is 2.21. The number of rotatable bonds is 4. The highest BCUT2D eigenvalue weighted by Crippen LogP contribution is 2.24.